The number of aryl methyl sites for hydroxylation is 3. The Labute approximate surface area is 130 Å². The fourth-order valence-corrected chi connectivity index (χ4v) is 3.00. The van der Waals surface area contributed by atoms with E-state index in [4.69, 9.17) is 0 Å². The zero-order valence-corrected chi connectivity index (χ0v) is 12.8. The molecule has 1 aliphatic carbocycles. The van der Waals surface area contributed by atoms with Gasteiger partial charge in [-0.05, 0) is 67.0 Å². The zero-order valence-electron chi connectivity index (χ0n) is 12.8. The highest BCUT2D eigenvalue weighted by molar-refractivity contribution is 5.92. The molecule has 0 heterocycles. The molecule has 3 rings (SSSR count). The van der Waals surface area contributed by atoms with Crippen LogP contribution in [-0.4, -0.2) is 5.91 Å². The van der Waals surface area contributed by atoms with Crippen LogP contribution in [0.4, 0.5) is 10.1 Å². The molecule has 2 nitrogen and oxygen atoms in total. The number of hydrogen-bond donors (Lipinski definition) is 1. The maximum Gasteiger partial charge on any atom is 0.228 e. The molecule has 2 aromatic carbocycles. The first-order valence-corrected chi connectivity index (χ1v) is 7.78. The molecule has 1 aliphatic rings. The summed E-state index contributed by atoms with van der Waals surface area (Å²) in [6.07, 6.45) is 4.98. The van der Waals surface area contributed by atoms with E-state index in [1.54, 1.807) is 12.1 Å². The molecule has 0 fully saturated rings. The van der Waals surface area contributed by atoms with E-state index in [0.29, 0.717) is 0 Å². The Morgan fingerprint density at radius 2 is 1.86 bits per heavy atom. The quantitative estimate of drug-likeness (QED) is 0.904. The van der Waals surface area contributed by atoms with Gasteiger partial charge in [0.05, 0.1) is 12.1 Å². The van der Waals surface area contributed by atoms with Crippen LogP contribution in [0, 0.1) is 12.7 Å². The molecule has 1 N–H and O–H groups in total. The lowest BCUT2D eigenvalue weighted by molar-refractivity contribution is -0.115. The summed E-state index contributed by atoms with van der Waals surface area (Å²) in [5.74, 6) is -0.572. The van der Waals surface area contributed by atoms with Crippen LogP contribution in [0.2, 0.25) is 0 Å². The van der Waals surface area contributed by atoms with E-state index in [1.807, 2.05) is 13.0 Å². The number of fused-ring (bicyclic) bond motifs is 1. The first kappa shape index (κ1) is 14.8. The number of rotatable bonds is 3. The van der Waals surface area contributed by atoms with E-state index in [1.165, 1.54) is 30.0 Å². The molecule has 0 aliphatic heterocycles. The van der Waals surface area contributed by atoms with Gasteiger partial charge in [-0.1, -0.05) is 24.3 Å². The molecule has 3 heteroatoms. The van der Waals surface area contributed by atoms with Crippen molar-refractivity contribution in [1.29, 1.82) is 0 Å². The van der Waals surface area contributed by atoms with E-state index >= 15 is 0 Å². The molecule has 0 atom stereocenters. The largest absolute Gasteiger partial charge is 0.323 e. The minimum atomic E-state index is -0.390. The molecule has 2 aromatic rings. The molecule has 0 unspecified atom stereocenters. The number of nitrogens with one attached hydrogen (secondary N) is 1. The highest BCUT2D eigenvalue weighted by atomic mass is 19.1. The third-order valence-electron chi connectivity index (χ3n) is 4.18. The number of carbonyl (C=O) groups excluding carboxylic acids is 1. The van der Waals surface area contributed by atoms with Gasteiger partial charge in [-0.2, -0.15) is 0 Å². The first-order valence-electron chi connectivity index (χ1n) is 7.78. The SMILES string of the molecule is Cc1ccc(NC(=O)Cc2ccc3c(c2)CCCC3)c(F)c1. The summed E-state index contributed by atoms with van der Waals surface area (Å²) in [6, 6.07) is 11.1. The van der Waals surface area contributed by atoms with Crippen molar-refractivity contribution in [1.82, 2.24) is 0 Å². The van der Waals surface area contributed by atoms with E-state index in [0.717, 1.165) is 24.0 Å². The Morgan fingerprint density at radius 1 is 1.09 bits per heavy atom. The number of amides is 1. The van der Waals surface area contributed by atoms with Crippen LogP contribution in [0.1, 0.15) is 35.1 Å². The normalized spacial score (nSPS) is 13.5. The van der Waals surface area contributed by atoms with Gasteiger partial charge in [0.1, 0.15) is 5.82 Å². The van der Waals surface area contributed by atoms with Crippen LogP contribution in [0.25, 0.3) is 0 Å². The van der Waals surface area contributed by atoms with Crippen LogP contribution in [0.3, 0.4) is 0 Å². The summed E-state index contributed by atoms with van der Waals surface area (Å²) in [5.41, 5.74) is 4.84. The van der Waals surface area contributed by atoms with Gasteiger partial charge in [-0.25, -0.2) is 4.39 Å². The number of anilines is 1. The second kappa shape index (κ2) is 6.30. The highest BCUT2D eigenvalue weighted by Crippen LogP contribution is 2.23. The summed E-state index contributed by atoms with van der Waals surface area (Å²) < 4.78 is 13.8. The maximum atomic E-state index is 13.8. The fourth-order valence-electron chi connectivity index (χ4n) is 3.00. The summed E-state index contributed by atoms with van der Waals surface area (Å²) in [5, 5.41) is 2.65. The van der Waals surface area contributed by atoms with E-state index in [2.05, 4.69) is 17.4 Å². The van der Waals surface area contributed by atoms with E-state index in [-0.39, 0.29) is 18.0 Å². The van der Waals surface area contributed by atoms with Crippen LogP contribution in [0.15, 0.2) is 36.4 Å². The average Bonchev–Trinajstić information content (AvgIpc) is 2.50. The van der Waals surface area contributed by atoms with Crippen molar-refractivity contribution >= 4 is 11.6 Å². The van der Waals surface area contributed by atoms with Gasteiger partial charge in [0, 0.05) is 0 Å². The summed E-state index contributed by atoms with van der Waals surface area (Å²) in [4.78, 5) is 12.1. The summed E-state index contributed by atoms with van der Waals surface area (Å²) in [7, 11) is 0. The molecular formula is C19H20FNO. The minimum Gasteiger partial charge on any atom is -0.323 e. The molecule has 0 bridgehead atoms. The lowest BCUT2D eigenvalue weighted by Gasteiger charge is -2.16. The lowest BCUT2D eigenvalue weighted by atomic mass is 9.90. The number of carbonyl (C=O) groups is 1. The molecule has 22 heavy (non-hydrogen) atoms. The highest BCUT2D eigenvalue weighted by Gasteiger charge is 2.12. The van der Waals surface area contributed by atoms with Crippen LogP contribution < -0.4 is 5.32 Å². The predicted molar refractivity (Wildman–Crippen MR) is 86.6 cm³/mol. The van der Waals surface area contributed by atoms with E-state index < -0.39 is 5.82 Å². The summed E-state index contributed by atoms with van der Waals surface area (Å²) >= 11 is 0. The number of benzene rings is 2. The third kappa shape index (κ3) is 3.35. The van der Waals surface area contributed by atoms with Gasteiger partial charge in [-0.3, -0.25) is 4.79 Å². The molecule has 0 aromatic heterocycles. The Morgan fingerprint density at radius 3 is 2.64 bits per heavy atom. The van der Waals surface area contributed by atoms with Crippen LogP contribution >= 0.6 is 0 Å². The molecule has 0 saturated carbocycles. The Balaban J connectivity index is 1.69. The monoisotopic (exact) mass is 297 g/mol. The topological polar surface area (TPSA) is 29.1 Å². The molecule has 0 radical (unpaired) electrons. The van der Waals surface area contributed by atoms with Crippen LogP contribution in [0.5, 0.6) is 0 Å². The predicted octanol–water partition coefficient (Wildman–Crippen LogP) is 4.19. The van der Waals surface area contributed by atoms with Crippen molar-refractivity contribution in [2.24, 2.45) is 0 Å². The van der Waals surface area contributed by atoms with E-state index in [9.17, 15) is 9.18 Å². The van der Waals surface area contributed by atoms with Crippen molar-refractivity contribution in [2.75, 3.05) is 5.32 Å². The van der Waals surface area contributed by atoms with Crippen molar-refractivity contribution in [3.8, 4) is 0 Å². The van der Waals surface area contributed by atoms with Gasteiger partial charge in [-0.15, -0.1) is 0 Å². The van der Waals surface area contributed by atoms with Gasteiger partial charge < -0.3 is 5.32 Å². The van der Waals surface area contributed by atoms with Crippen molar-refractivity contribution in [2.45, 2.75) is 39.0 Å². The van der Waals surface area contributed by atoms with Crippen molar-refractivity contribution < 1.29 is 9.18 Å². The summed E-state index contributed by atoms with van der Waals surface area (Å²) in [6.45, 7) is 1.82. The molecule has 1 amide bonds. The Hall–Kier alpha value is -2.16. The average molecular weight is 297 g/mol. The van der Waals surface area contributed by atoms with Gasteiger partial charge >= 0.3 is 0 Å². The fraction of sp³-hybridized carbons (Fsp3) is 0.316. The standard InChI is InChI=1S/C19H20FNO/c1-13-6-9-18(17(20)10-13)21-19(22)12-14-7-8-15-4-2-3-5-16(15)11-14/h6-11H,2-5,12H2,1H3,(H,21,22). The zero-order chi connectivity index (χ0) is 15.5. The van der Waals surface area contributed by atoms with Gasteiger partial charge in [0.2, 0.25) is 5.91 Å². The smallest absolute Gasteiger partial charge is 0.228 e. The number of hydrogen-bond acceptors (Lipinski definition) is 1. The second-order valence-electron chi connectivity index (χ2n) is 6.02. The van der Waals surface area contributed by atoms with Crippen molar-refractivity contribution in [3.05, 3.63) is 64.5 Å². The van der Waals surface area contributed by atoms with Crippen molar-refractivity contribution in [3.63, 3.8) is 0 Å². The van der Waals surface area contributed by atoms with Crippen LogP contribution in [-0.2, 0) is 24.1 Å². The maximum absolute atomic E-state index is 13.8. The Bertz CT molecular complexity index is 709. The lowest BCUT2D eigenvalue weighted by Crippen LogP contribution is -2.16. The molecular weight excluding hydrogens is 277 g/mol. The van der Waals surface area contributed by atoms with Gasteiger partial charge in [0.15, 0.2) is 0 Å². The minimum absolute atomic E-state index is 0.182. The number of halogens is 1. The van der Waals surface area contributed by atoms with Gasteiger partial charge in [0.25, 0.3) is 0 Å². The first-order chi connectivity index (χ1) is 10.6. The second-order valence-corrected chi connectivity index (χ2v) is 6.02. The molecule has 0 saturated heterocycles. The molecule has 0 spiro atoms. The molecule has 114 valence electrons. The third-order valence-corrected chi connectivity index (χ3v) is 4.18. The Kier molecular flexibility index (Phi) is 4.23.